The Morgan fingerprint density at radius 1 is 1.43 bits per heavy atom. The Bertz CT molecular complexity index is 310. The van der Waals surface area contributed by atoms with E-state index in [1.54, 1.807) is 0 Å². The Morgan fingerprint density at radius 3 is 2.21 bits per heavy atom. The maximum Gasteiger partial charge on any atom is 0.264 e. The third kappa shape index (κ3) is 7.98. The van der Waals surface area contributed by atoms with Crippen molar-refractivity contribution in [2.75, 3.05) is 33.9 Å². The van der Waals surface area contributed by atoms with Gasteiger partial charge in [0.1, 0.15) is 12.6 Å². The first-order valence-electron chi connectivity index (χ1n) is 4.20. The number of hydrogen-bond acceptors (Lipinski definition) is 4. The van der Waals surface area contributed by atoms with Crippen LogP contribution in [-0.2, 0) is 14.3 Å². The number of nitriles is 1. The molecule has 0 aromatic carbocycles. The van der Waals surface area contributed by atoms with E-state index >= 15 is 0 Å². The van der Waals surface area contributed by atoms with Gasteiger partial charge in [-0.1, -0.05) is 0 Å². The average molecular weight is 221 g/mol. The molecule has 0 spiro atoms. The Kier molecular flexibility index (Phi) is 4.52. The van der Waals surface area contributed by atoms with E-state index in [4.69, 9.17) is 9.44 Å². The SMILES string of the molecule is C[N+](C)(C)C[C@H](CC#N)OS(C)(=O)=O. The smallest absolute Gasteiger partial charge is 0.264 e. The van der Waals surface area contributed by atoms with Gasteiger partial charge in [0.05, 0.1) is 39.9 Å². The molecule has 0 aliphatic heterocycles. The minimum atomic E-state index is -3.48. The van der Waals surface area contributed by atoms with E-state index in [0.29, 0.717) is 11.0 Å². The van der Waals surface area contributed by atoms with E-state index in [1.165, 1.54) is 0 Å². The summed E-state index contributed by atoms with van der Waals surface area (Å²) in [6.45, 7) is 0.487. The van der Waals surface area contributed by atoms with Crippen LogP contribution in [0.25, 0.3) is 0 Å². The molecule has 0 saturated carbocycles. The third-order valence-electron chi connectivity index (χ3n) is 1.38. The van der Waals surface area contributed by atoms with Gasteiger partial charge < -0.3 is 4.48 Å². The lowest BCUT2D eigenvalue weighted by atomic mass is 10.2. The van der Waals surface area contributed by atoms with Gasteiger partial charge in [-0.2, -0.15) is 13.7 Å². The molecular weight excluding hydrogens is 204 g/mol. The number of hydrogen-bond donors (Lipinski definition) is 0. The molecule has 1 atom stereocenters. The van der Waals surface area contributed by atoms with Gasteiger partial charge >= 0.3 is 0 Å². The summed E-state index contributed by atoms with van der Waals surface area (Å²) in [6.07, 6.45) is 0.519. The van der Waals surface area contributed by atoms with Crippen molar-refractivity contribution in [2.45, 2.75) is 12.5 Å². The molecular formula is C8H17N2O3S+. The number of nitrogens with zero attached hydrogens (tertiary/aromatic N) is 2. The van der Waals surface area contributed by atoms with Crippen LogP contribution in [0.2, 0.25) is 0 Å². The van der Waals surface area contributed by atoms with Crippen LogP contribution in [0.15, 0.2) is 0 Å². The van der Waals surface area contributed by atoms with Gasteiger partial charge in [0.25, 0.3) is 10.1 Å². The highest BCUT2D eigenvalue weighted by Crippen LogP contribution is 2.06. The highest BCUT2D eigenvalue weighted by molar-refractivity contribution is 7.86. The van der Waals surface area contributed by atoms with Gasteiger partial charge in [-0.3, -0.25) is 4.18 Å². The van der Waals surface area contributed by atoms with E-state index < -0.39 is 16.2 Å². The van der Waals surface area contributed by atoms with Crippen molar-refractivity contribution in [1.82, 2.24) is 0 Å². The van der Waals surface area contributed by atoms with E-state index in [0.717, 1.165) is 6.26 Å². The molecule has 82 valence electrons. The fourth-order valence-corrected chi connectivity index (χ4v) is 1.71. The Morgan fingerprint density at radius 2 is 1.93 bits per heavy atom. The summed E-state index contributed by atoms with van der Waals surface area (Å²) >= 11 is 0. The molecule has 5 nitrogen and oxygen atoms in total. The fourth-order valence-electron chi connectivity index (χ4n) is 1.09. The van der Waals surface area contributed by atoms with Crippen molar-refractivity contribution in [3.8, 4) is 6.07 Å². The van der Waals surface area contributed by atoms with Crippen molar-refractivity contribution in [2.24, 2.45) is 0 Å². The van der Waals surface area contributed by atoms with Gasteiger partial charge in [0.15, 0.2) is 0 Å². The Hall–Kier alpha value is -0.640. The molecule has 0 bridgehead atoms. The van der Waals surface area contributed by atoms with Crippen molar-refractivity contribution in [3.05, 3.63) is 0 Å². The molecule has 0 aliphatic carbocycles. The lowest BCUT2D eigenvalue weighted by Gasteiger charge is -2.27. The van der Waals surface area contributed by atoms with Gasteiger partial charge in [0.2, 0.25) is 0 Å². The van der Waals surface area contributed by atoms with E-state index in [2.05, 4.69) is 0 Å². The van der Waals surface area contributed by atoms with E-state index in [1.807, 2.05) is 27.2 Å². The van der Waals surface area contributed by atoms with Gasteiger partial charge in [-0.25, -0.2) is 0 Å². The second-order valence-corrected chi connectivity index (χ2v) is 5.86. The molecule has 6 heteroatoms. The van der Waals surface area contributed by atoms with E-state index in [9.17, 15) is 8.42 Å². The average Bonchev–Trinajstić information content (AvgIpc) is 1.78. The molecule has 0 heterocycles. The normalized spacial score (nSPS) is 14.8. The molecule has 0 aromatic heterocycles. The maximum atomic E-state index is 10.9. The molecule has 14 heavy (non-hydrogen) atoms. The molecule has 0 unspecified atom stereocenters. The van der Waals surface area contributed by atoms with Crippen LogP contribution >= 0.6 is 0 Å². The molecule has 0 aromatic rings. The van der Waals surface area contributed by atoms with Crippen LogP contribution in [0.1, 0.15) is 6.42 Å². The Labute approximate surface area is 85.6 Å². The second-order valence-electron chi connectivity index (χ2n) is 4.26. The largest absolute Gasteiger partial charge is 0.329 e. The monoisotopic (exact) mass is 221 g/mol. The van der Waals surface area contributed by atoms with Gasteiger partial charge in [-0.15, -0.1) is 0 Å². The summed E-state index contributed by atoms with van der Waals surface area (Å²) in [6, 6.07) is 1.91. The van der Waals surface area contributed by atoms with Crippen LogP contribution in [0.4, 0.5) is 0 Å². The number of likely N-dealkylation sites (N-methyl/N-ethyl adjacent to an activating group) is 1. The molecule has 0 N–H and O–H groups in total. The molecule has 0 aliphatic rings. The second kappa shape index (κ2) is 4.73. The maximum absolute atomic E-state index is 10.9. The fraction of sp³-hybridized carbons (Fsp3) is 0.875. The number of quaternary nitrogens is 1. The highest BCUT2D eigenvalue weighted by Gasteiger charge is 2.22. The minimum absolute atomic E-state index is 0.0859. The molecule has 0 radical (unpaired) electrons. The lowest BCUT2D eigenvalue weighted by molar-refractivity contribution is -0.873. The third-order valence-corrected chi connectivity index (χ3v) is 2.00. The summed E-state index contributed by atoms with van der Waals surface area (Å²) in [7, 11) is 2.26. The predicted molar refractivity (Wildman–Crippen MR) is 52.8 cm³/mol. The van der Waals surface area contributed by atoms with Gasteiger partial charge in [0, 0.05) is 0 Å². The van der Waals surface area contributed by atoms with Crippen molar-refractivity contribution >= 4 is 10.1 Å². The van der Waals surface area contributed by atoms with Crippen LogP contribution in [0.3, 0.4) is 0 Å². The summed E-state index contributed by atoms with van der Waals surface area (Å²) in [5.41, 5.74) is 0. The van der Waals surface area contributed by atoms with Crippen LogP contribution in [-0.4, -0.2) is 52.9 Å². The molecule has 0 saturated heterocycles. The highest BCUT2D eigenvalue weighted by atomic mass is 32.2. The lowest BCUT2D eigenvalue weighted by Crippen LogP contribution is -2.42. The number of rotatable bonds is 5. The van der Waals surface area contributed by atoms with Crippen LogP contribution in [0, 0.1) is 11.3 Å². The first-order valence-corrected chi connectivity index (χ1v) is 6.01. The topological polar surface area (TPSA) is 67.2 Å². The summed E-state index contributed by atoms with van der Waals surface area (Å²) in [5.74, 6) is 0. The zero-order valence-corrected chi connectivity index (χ0v) is 9.84. The molecule has 0 fully saturated rings. The van der Waals surface area contributed by atoms with Crippen molar-refractivity contribution in [3.63, 3.8) is 0 Å². The minimum Gasteiger partial charge on any atom is -0.329 e. The first kappa shape index (κ1) is 13.4. The predicted octanol–water partition coefficient (Wildman–Crippen LogP) is -0.0489. The zero-order chi connectivity index (χ0) is 11.4. The summed E-state index contributed by atoms with van der Waals surface area (Å²) < 4.78 is 27.1. The van der Waals surface area contributed by atoms with Crippen LogP contribution < -0.4 is 0 Å². The van der Waals surface area contributed by atoms with E-state index in [-0.39, 0.29) is 6.42 Å². The Balaban J connectivity index is 4.40. The summed E-state index contributed by atoms with van der Waals surface area (Å²) in [4.78, 5) is 0. The standard InChI is InChI=1S/C8H17N2O3S/c1-10(2,3)7-8(5-6-9)13-14(4,11)12/h8H,5,7H2,1-4H3/q+1/t8-/m0/s1. The molecule has 0 amide bonds. The van der Waals surface area contributed by atoms with Crippen molar-refractivity contribution in [1.29, 1.82) is 5.26 Å². The summed E-state index contributed by atoms with van der Waals surface area (Å²) in [5, 5.41) is 8.50. The first-order chi connectivity index (χ1) is 6.14. The zero-order valence-electron chi connectivity index (χ0n) is 9.02. The van der Waals surface area contributed by atoms with Gasteiger partial charge in [-0.05, 0) is 0 Å². The molecule has 0 rings (SSSR count). The van der Waals surface area contributed by atoms with Crippen LogP contribution in [0.5, 0.6) is 0 Å². The van der Waals surface area contributed by atoms with Crippen molar-refractivity contribution < 1.29 is 17.1 Å². The quantitative estimate of drug-likeness (QED) is 0.482.